The number of para-hydroxylation sites is 1. The maximum atomic E-state index is 13.1. The number of likely N-dealkylation sites (N-methyl/N-ethyl adjacent to an activating group) is 1. The van der Waals surface area contributed by atoms with E-state index < -0.39 is 17.6 Å². The predicted octanol–water partition coefficient (Wildman–Crippen LogP) is 3.92. The van der Waals surface area contributed by atoms with E-state index in [-0.39, 0.29) is 24.7 Å². The molecule has 0 unspecified atom stereocenters. The maximum absolute atomic E-state index is 13.1. The highest BCUT2D eigenvalue weighted by Crippen LogP contribution is 2.34. The quantitative estimate of drug-likeness (QED) is 0.675. The number of hydrogen-bond acceptors (Lipinski definition) is 4. The Hall–Kier alpha value is -3.07. The van der Waals surface area contributed by atoms with E-state index in [1.807, 2.05) is 13.0 Å². The Balaban J connectivity index is 2.00. The smallest absolute Gasteiger partial charge is 0.418 e. The van der Waals surface area contributed by atoms with E-state index >= 15 is 0 Å². The summed E-state index contributed by atoms with van der Waals surface area (Å²) in [5.74, 6) is -0.516. The van der Waals surface area contributed by atoms with E-state index in [1.165, 1.54) is 30.2 Å². The number of amides is 2. The first-order valence-electron chi connectivity index (χ1n) is 9.27. The average molecular weight is 423 g/mol. The van der Waals surface area contributed by atoms with Gasteiger partial charge in [0, 0.05) is 0 Å². The number of halogens is 3. The lowest BCUT2D eigenvalue weighted by Crippen LogP contribution is -2.38. The van der Waals surface area contributed by atoms with Crippen LogP contribution in [0, 0.1) is 6.92 Å². The summed E-state index contributed by atoms with van der Waals surface area (Å²) >= 11 is 0. The lowest BCUT2D eigenvalue weighted by Gasteiger charge is -2.20. The maximum Gasteiger partial charge on any atom is 0.418 e. The lowest BCUT2D eigenvalue weighted by molar-refractivity contribution is -0.137. The Morgan fingerprint density at radius 2 is 1.60 bits per heavy atom. The third-order valence-corrected chi connectivity index (χ3v) is 4.32. The van der Waals surface area contributed by atoms with Gasteiger partial charge in [-0.3, -0.25) is 14.5 Å². The Bertz CT molecular complexity index is 901. The van der Waals surface area contributed by atoms with Gasteiger partial charge in [-0.05, 0) is 43.3 Å². The summed E-state index contributed by atoms with van der Waals surface area (Å²) in [5, 5.41) is 5.01. The van der Waals surface area contributed by atoms with Crippen LogP contribution in [0.5, 0.6) is 5.75 Å². The summed E-state index contributed by atoms with van der Waals surface area (Å²) in [6.07, 6.45) is -4.58. The van der Waals surface area contributed by atoms with Crippen LogP contribution < -0.4 is 15.4 Å². The lowest BCUT2D eigenvalue weighted by atomic mass is 10.1. The fraction of sp³-hybridized carbons (Fsp3) is 0.333. The molecule has 2 rings (SSSR count). The molecule has 0 aromatic heterocycles. The largest absolute Gasteiger partial charge is 0.495 e. The summed E-state index contributed by atoms with van der Waals surface area (Å²) in [4.78, 5) is 26.2. The minimum Gasteiger partial charge on any atom is -0.495 e. The SMILES string of the molecule is CCN(CC(=O)Nc1cc(C)ccc1OC)CC(=O)Nc1ccccc1C(F)(F)F. The molecule has 2 aromatic carbocycles. The molecule has 30 heavy (non-hydrogen) atoms. The van der Waals surface area contributed by atoms with Crippen molar-refractivity contribution in [3.05, 3.63) is 53.6 Å². The van der Waals surface area contributed by atoms with Gasteiger partial charge in [0.1, 0.15) is 5.75 Å². The van der Waals surface area contributed by atoms with Gasteiger partial charge in [0.2, 0.25) is 11.8 Å². The predicted molar refractivity (Wildman–Crippen MR) is 109 cm³/mol. The van der Waals surface area contributed by atoms with Gasteiger partial charge >= 0.3 is 6.18 Å². The average Bonchev–Trinajstić information content (AvgIpc) is 2.67. The Kier molecular flexibility index (Phi) is 7.82. The topological polar surface area (TPSA) is 70.7 Å². The summed E-state index contributed by atoms with van der Waals surface area (Å²) in [6, 6.07) is 10.1. The van der Waals surface area contributed by atoms with Crippen LogP contribution in [0.1, 0.15) is 18.1 Å². The van der Waals surface area contributed by atoms with Crippen LogP contribution in [0.15, 0.2) is 42.5 Å². The Morgan fingerprint density at radius 3 is 2.17 bits per heavy atom. The number of carbonyl (C=O) groups excluding carboxylic acids is 2. The summed E-state index contributed by atoms with van der Waals surface area (Å²) in [7, 11) is 1.49. The molecule has 0 atom stereocenters. The number of carbonyl (C=O) groups is 2. The molecule has 0 saturated heterocycles. The number of alkyl halides is 3. The van der Waals surface area contributed by atoms with Gasteiger partial charge in [-0.2, -0.15) is 13.2 Å². The van der Waals surface area contributed by atoms with Crippen molar-refractivity contribution < 1.29 is 27.5 Å². The van der Waals surface area contributed by atoms with Crippen LogP contribution in [0.4, 0.5) is 24.5 Å². The number of methoxy groups -OCH3 is 1. The minimum atomic E-state index is -4.58. The minimum absolute atomic E-state index is 0.109. The monoisotopic (exact) mass is 423 g/mol. The van der Waals surface area contributed by atoms with Crippen LogP contribution in [0.3, 0.4) is 0 Å². The standard InChI is InChI=1S/C21H24F3N3O3/c1-4-27(13-20(29)26-17-11-14(2)9-10-18(17)30-3)12-19(28)25-16-8-6-5-7-15(16)21(22,23)24/h5-11H,4,12-13H2,1-3H3,(H,25,28)(H,26,29). The first kappa shape index (κ1) is 23.2. The Labute approximate surface area is 173 Å². The van der Waals surface area contributed by atoms with Crippen LogP contribution in [-0.2, 0) is 15.8 Å². The molecule has 0 aliphatic carbocycles. The van der Waals surface area contributed by atoms with Crippen LogP contribution in [-0.4, -0.2) is 43.5 Å². The fourth-order valence-corrected chi connectivity index (χ4v) is 2.82. The first-order valence-corrected chi connectivity index (χ1v) is 9.27. The highest BCUT2D eigenvalue weighted by molar-refractivity contribution is 5.95. The highest BCUT2D eigenvalue weighted by Gasteiger charge is 2.33. The molecular formula is C21H24F3N3O3. The number of nitrogens with zero attached hydrogens (tertiary/aromatic N) is 1. The van der Waals surface area contributed by atoms with E-state index in [4.69, 9.17) is 4.74 Å². The number of anilines is 2. The molecule has 0 aliphatic heterocycles. The fourth-order valence-electron chi connectivity index (χ4n) is 2.82. The van der Waals surface area contributed by atoms with Crippen molar-refractivity contribution in [3.8, 4) is 5.75 Å². The third-order valence-electron chi connectivity index (χ3n) is 4.32. The number of rotatable bonds is 8. The van der Waals surface area contributed by atoms with Crippen molar-refractivity contribution in [1.29, 1.82) is 0 Å². The van der Waals surface area contributed by atoms with E-state index in [9.17, 15) is 22.8 Å². The zero-order valence-corrected chi connectivity index (χ0v) is 17.0. The van der Waals surface area contributed by atoms with E-state index in [0.717, 1.165) is 11.6 Å². The van der Waals surface area contributed by atoms with Gasteiger partial charge in [-0.15, -0.1) is 0 Å². The molecule has 0 spiro atoms. The number of benzene rings is 2. The molecular weight excluding hydrogens is 399 g/mol. The van der Waals surface area contributed by atoms with Gasteiger partial charge in [0.05, 0.1) is 37.1 Å². The van der Waals surface area contributed by atoms with E-state index in [2.05, 4.69) is 10.6 Å². The zero-order valence-electron chi connectivity index (χ0n) is 17.0. The normalized spacial score (nSPS) is 11.3. The molecule has 162 valence electrons. The molecule has 0 heterocycles. The number of nitrogens with one attached hydrogen (secondary N) is 2. The zero-order chi connectivity index (χ0) is 22.3. The number of aryl methyl sites for hydroxylation is 1. The van der Waals surface area contributed by atoms with Gasteiger partial charge < -0.3 is 15.4 Å². The summed E-state index contributed by atoms with van der Waals surface area (Å²) < 4.78 is 44.4. The second-order valence-corrected chi connectivity index (χ2v) is 6.65. The molecule has 9 heteroatoms. The van der Waals surface area contributed by atoms with Gasteiger partial charge in [0.25, 0.3) is 0 Å². The number of hydrogen-bond donors (Lipinski definition) is 2. The first-order chi connectivity index (χ1) is 14.1. The molecule has 0 radical (unpaired) electrons. The van der Waals surface area contributed by atoms with Crippen LogP contribution >= 0.6 is 0 Å². The van der Waals surface area contributed by atoms with Crippen molar-refractivity contribution in [2.45, 2.75) is 20.0 Å². The molecule has 0 fully saturated rings. The van der Waals surface area contributed by atoms with E-state index in [1.54, 1.807) is 19.1 Å². The van der Waals surface area contributed by atoms with Gasteiger partial charge in [-0.1, -0.05) is 25.1 Å². The van der Waals surface area contributed by atoms with E-state index in [0.29, 0.717) is 18.0 Å². The van der Waals surface area contributed by atoms with Gasteiger partial charge in [-0.25, -0.2) is 0 Å². The molecule has 2 aromatic rings. The van der Waals surface area contributed by atoms with Crippen LogP contribution in [0.25, 0.3) is 0 Å². The molecule has 0 bridgehead atoms. The van der Waals surface area contributed by atoms with Crippen molar-refractivity contribution in [2.75, 3.05) is 37.4 Å². The molecule has 2 N–H and O–H groups in total. The van der Waals surface area contributed by atoms with Gasteiger partial charge in [0.15, 0.2) is 0 Å². The second-order valence-electron chi connectivity index (χ2n) is 6.65. The second kappa shape index (κ2) is 10.1. The third kappa shape index (κ3) is 6.48. The van der Waals surface area contributed by atoms with Crippen molar-refractivity contribution in [2.24, 2.45) is 0 Å². The Morgan fingerprint density at radius 1 is 1.00 bits per heavy atom. The molecule has 0 saturated carbocycles. The van der Waals surface area contributed by atoms with Crippen molar-refractivity contribution in [1.82, 2.24) is 4.90 Å². The van der Waals surface area contributed by atoms with Crippen molar-refractivity contribution >= 4 is 23.2 Å². The van der Waals surface area contributed by atoms with Crippen LogP contribution in [0.2, 0.25) is 0 Å². The molecule has 6 nitrogen and oxygen atoms in total. The molecule has 0 aliphatic rings. The molecule has 2 amide bonds. The number of ether oxygens (including phenoxy) is 1. The highest BCUT2D eigenvalue weighted by atomic mass is 19.4. The van der Waals surface area contributed by atoms with Crippen molar-refractivity contribution in [3.63, 3.8) is 0 Å². The summed E-state index contributed by atoms with van der Waals surface area (Å²) in [5.41, 5.74) is 0.189. The summed E-state index contributed by atoms with van der Waals surface area (Å²) in [6.45, 7) is 3.63.